The lowest BCUT2D eigenvalue weighted by molar-refractivity contribution is 0.625. The van der Waals surface area contributed by atoms with Crippen LogP contribution in [0.15, 0.2) is 71.5 Å². The Hall–Kier alpha value is -3.14. The average Bonchev–Trinajstić information content (AvgIpc) is 2.68. The minimum absolute atomic E-state index is 0.0809. The zero-order valence-corrected chi connectivity index (χ0v) is 14.2. The number of nitrogens with zero attached hydrogens (tertiary/aromatic N) is 2. The molecule has 5 rings (SSSR count). The van der Waals surface area contributed by atoms with E-state index in [-0.39, 0.29) is 11.2 Å². The molecule has 128 valence electrons. The third-order valence-electron chi connectivity index (χ3n) is 5.19. The fourth-order valence-electron chi connectivity index (χ4n) is 3.97. The van der Waals surface area contributed by atoms with Crippen LogP contribution in [0.1, 0.15) is 5.56 Å². The van der Waals surface area contributed by atoms with Crippen molar-refractivity contribution >= 4 is 27.5 Å². The van der Waals surface area contributed by atoms with E-state index in [1.807, 2.05) is 48.5 Å². The fourth-order valence-corrected chi connectivity index (χ4v) is 3.97. The van der Waals surface area contributed by atoms with Gasteiger partial charge in [0.2, 0.25) is 0 Å². The van der Waals surface area contributed by atoms with E-state index in [4.69, 9.17) is 0 Å². The van der Waals surface area contributed by atoms with E-state index in [1.165, 1.54) is 12.1 Å². The van der Waals surface area contributed by atoms with E-state index in [1.54, 1.807) is 0 Å². The molecule has 0 fully saturated rings. The molecule has 0 spiro atoms. The predicted octanol–water partition coefficient (Wildman–Crippen LogP) is 4.31. The summed E-state index contributed by atoms with van der Waals surface area (Å²) in [6, 6.07) is 20.3. The smallest absolute Gasteiger partial charge is 0.197 e. The van der Waals surface area contributed by atoms with Crippen LogP contribution in [-0.4, -0.2) is 11.1 Å². The summed E-state index contributed by atoms with van der Waals surface area (Å²) >= 11 is 0. The molecular formula is C22H17FN2O. The SMILES string of the molecule is O=c1c2ccccc2n2c3c(cccc13)N(Cc1ccc(F)cc1)CC2. The predicted molar refractivity (Wildman–Crippen MR) is 103 cm³/mol. The minimum atomic E-state index is -0.224. The van der Waals surface area contributed by atoms with E-state index < -0.39 is 0 Å². The largest absolute Gasteiger partial charge is 0.364 e. The van der Waals surface area contributed by atoms with Gasteiger partial charge in [0.25, 0.3) is 0 Å². The molecule has 3 aromatic carbocycles. The Morgan fingerprint density at radius 1 is 0.846 bits per heavy atom. The van der Waals surface area contributed by atoms with Gasteiger partial charge in [-0.2, -0.15) is 0 Å². The number of halogens is 1. The fraction of sp³-hybridized carbons (Fsp3) is 0.136. The van der Waals surface area contributed by atoms with Crippen LogP contribution in [0.3, 0.4) is 0 Å². The third kappa shape index (κ3) is 2.22. The monoisotopic (exact) mass is 344 g/mol. The molecule has 1 aliphatic rings. The highest BCUT2D eigenvalue weighted by Gasteiger charge is 2.21. The van der Waals surface area contributed by atoms with Crippen LogP contribution in [0.4, 0.5) is 10.1 Å². The molecule has 0 aliphatic carbocycles. The Morgan fingerprint density at radius 3 is 2.46 bits per heavy atom. The van der Waals surface area contributed by atoms with Crippen molar-refractivity contribution in [1.29, 1.82) is 0 Å². The summed E-state index contributed by atoms with van der Waals surface area (Å²) in [4.78, 5) is 15.2. The van der Waals surface area contributed by atoms with Crippen molar-refractivity contribution in [3.05, 3.63) is 88.3 Å². The van der Waals surface area contributed by atoms with Crippen LogP contribution < -0.4 is 10.3 Å². The zero-order valence-electron chi connectivity index (χ0n) is 14.2. The van der Waals surface area contributed by atoms with Gasteiger partial charge in [-0.3, -0.25) is 4.79 Å². The quantitative estimate of drug-likeness (QED) is 0.506. The van der Waals surface area contributed by atoms with Gasteiger partial charge in [-0.05, 0) is 42.0 Å². The first-order valence-corrected chi connectivity index (χ1v) is 8.76. The topological polar surface area (TPSA) is 25.2 Å². The summed E-state index contributed by atoms with van der Waals surface area (Å²) in [6.45, 7) is 2.35. The van der Waals surface area contributed by atoms with Gasteiger partial charge in [0.1, 0.15) is 5.82 Å². The van der Waals surface area contributed by atoms with Gasteiger partial charge in [-0.1, -0.05) is 30.3 Å². The number of aromatic nitrogens is 1. The number of para-hydroxylation sites is 2. The van der Waals surface area contributed by atoms with Crippen LogP contribution >= 0.6 is 0 Å². The lowest BCUT2D eigenvalue weighted by atomic mass is 10.0. The number of benzene rings is 3. The van der Waals surface area contributed by atoms with Crippen molar-refractivity contribution in [2.45, 2.75) is 13.1 Å². The molecule has 2 heterocycles. The van der Waals surface area contributed by atoms with Crippen molar-refractivity contribution < 1.29 is 4.39 Å². The molecule has 0 bridgehead atoms. The number of hydrogen-bond acceptors (Lipinski definition) is 2. The second kappa shape index (κ2) is 5.70. The van der Waals surface area contributed by atoms with E-state index in [2.05, 4.69) is 15.5 Å². The molecule has 4 heteroatoms. The van der Waals surface area contributed by atoms with Crippen LogP contribution in [0, 0.1) is 5.82 Å². The maximum Gasteiger partial charge on any atom is 0.197 e. The summed E-state index contributed by atoms with van der Waals surface area (Å²) in [5.41, 5.74) is 4.17. The average molecular weight is 344 g/mol. The molecule has 4 aromatic rings. The van der Waals surface area contributed by atoms with E-state index in [0.29, 0.717) is 6.54 Å². The van der Waals surface area contributed by atoms with Gasteiger partial charge < -0.3 is 9.47 Å². The van der Waals surface area contributed by atoms with Crippen molar-refractivity contribution in [3.63, 3.8) is 0 Å². The molecule has 0 unspecified atom stereocenters. The lowest BCUT2D eigenvalue weighted by Crippen LogP contribution is -2.32. The molecular weight excluding hydrogens is 327 g/mol. The minimum Gasteiger partial charge on any atom is -0.364 e. The molecule has 1 aromatic heterocycles. The Balaban J connectivity index is 1.72. The second-order valence-corrected chi connectivity index (χ2v) is 6.72. The molecule has 0 radical (unpaired) electrons. The molecule has 26 heavy (non-hydrogen) atoms. The van der Waals surface area contributed by atoms with Crippen molar-refractivity contribution in [2.75, 3.05) is 11.4 Å². The number of anilines is 1. The second-order valence-electron chi connectivity index (χ2n) is 6.72. The summed E-state index contributed by atoms with van der Waals surface area (Å²) in [6.07, 6.45) is 0. The van der Waals surface area contributed by atoms with E-state index in [9.17, 15) is 9.18 Å². The Kier molecular flexibility index (Phi) is 3.32. The van der Waals surface area contributed by atoms with Crippen molar-refractivity contribution in [3.8, 4) is 0 Å². The molecule has 0 saturated carbocycles. The van der Waals surface area contributed by atoms with E-state index in [0.717, 1.165) is 46.1 Å². The van der Waals surface area contributed by atoms with Gasteiger partial charge in [-0.25, -0.2) is 4.39 Å². The zero-order chi connectivity index (χ0) is 17.7. The van der Waals surface area contributed by atoms with Gasteiger partial charge >= 0.3 is 0 Å². The number of pyridine rings is 1. The first-order valence-electron chi connectivity index (χ1n) is 8.76. The van der Waals surface area contributed by atoms with Gasteiger partial charge in [-0.15, -0.1) is 0 Å². The van der Waals surface area contributed by atoms with Gasteiger partial charge in [0.15, 0.2) is 5.43 Å². The first-order chi connectivity index (χ1) is 12.7. The Bertz CT molecular complexity index is 1190. The number of hydrogen-bond donors (Lipinski definition) is 0. The number of fused-ring (bicyclic) bond motifs is 2. The van der Waals surface area contributed by atoms with E-state index >= 15 is 0 Å². The summed E-state index contributed by atoms with van der Waals surface area (Å²) in [5.74, 6) is -0.224. The lowest BCUT2D eigenvalue weighted by Gasteiger charge is -2.33. The third-order valence-corrected chi connectivity index (χ3v) is 5.19. The maximum atomic E-state index is 13.2. The molecule has 1 aliphatic heterocycles. The van der Waals surface area contributed by atoms with Crippen molar-refractivity contribution in [1.82, 2.24) is 4.57 Å². The van der Waals surface area contributed by atoms with Crippen molar-refractivity contribution in [2.24, 2.45) is 0 Å². The van der Waals surface area contributed by atoms with Crippen LogP contribution in [0.2, 0.25) is 0 Å². The van der Waals surface area contributed by atoms with Crippen LogP contribution in [0.5, 0.6) is 0 Å². The molecule has 0 amide bonds. The molecule has 0 atom stereocenters. The first kappa shape index (κ1) is 15.1. The summed E-state index contributed by atoms with van der Waals surface area (Å²) in [7, 11) is 0. The molecule has 3 nitrogen and oxygen atoms in total. The Labute approximate surface area is 149 Å². The standard InChI is InChI=1S/C22H17FN2O/c23-16-10-8-15(9-11-16)14-24-12-13-25-19-6-2-1-4-17(19)22(26)18-5-3-7-20(24)21(18)25/h1-11H,12-14H2. The summed E-state index contributed by atoms with van der Waals surface area (Å²) < 4.78 is 15.4. The van der Waals surface area contributed by atoms with Crippen LogP contribution in [-0.2, 0) is 13.1 Å². The summed E-state index contributed by atoms with van der Waals surface area (Å²) in [5, 5.41) is 1.52. The highest BCUT2D eigenvalue weighted by atomic mass is 19.1. The highest BCUT2D eigenvalue weighted by molar-refractivity contribution is 6.00. The maximum absolute atomic E-state index is 13.2. The number of rotatable bonds is 2. The Morgan fingerprint density at radius 2 is 1.62 bits per heavy atom. The normalized spacial score (nSPS) is 13.5. The molecule has 0 N–H and O–H groups in total. The van der Waals surface area contributed by atoms with Gasteiger partial charge in [0.05, 0.1) is 16.7 Å². The highest BCUT2D eigenvalue weighted by Crippen LogP contribution is 2.32. The molecule has 0 saturated heterocycles. The van der Waals surface area contributed by atoms with Gasteiger partial charge in [0, 0.05) is 30.4 Å². The van der Waals surface area contributed by atoms with Crippen LogP contribution in [0.25, 0.3) is 21.8 Å².